The summed E-state index contributed by atoms with van der Waals surface area (Å²) in [5.41, 5.74) is 2.44. The summed E-state index contributed by atoms with van der Waals surface area (Å²) in [5.74, 6) is 0.998. The van der Waals surface area contributed by atoms with Gasteiger partial charge in [0.05, 0.1) is 18.3 Å². The van der Waals surface area contributed by atoms with E-state index in [1.807, 2.05) is 49.0 Å². The topological polar surface area (TPSA) is 73.1 Å². The number of aryl methyl sites for hydroxylation is 1. The predicted molar refractivity (Wildman–Crippen MR) is 107 cm³/mol. The predicted octanol–water partition coefficient (Wildman–Crippen LogP) is 3.23. The second-order valence-corrected chi connectivity index (χ2v) is 7.23. The van der Waals surface area contributed by atoms with Crippen LogP contribution in [0.1, 0.15) is 35.7 Å². The van der Waals surface area contributed by atoms with E-state index in [0.29, 0.717) is 18.1 Å². The van der Waals surface area contributed by atoms with Gasteiger partial charge in [-0.2, -0.15) is 0 Å². The van der Waals surface area contributed by atoms with Gasteiger partial charge in [-0.25, -0.2) is 9.78 Å². The lowest BCUT2D eigenvalue weighted by Crippen LogP contribution is -2.37. The van der Waals surface area contributed by atoms with Gasteiger partial charge in [0.15, 0.2) is 0 Å². The van der Waals surface area contributed by atoms with Gasteiger partial charge in [0, 0.05) is 31.2 Å². The minimum Gasteiger partial charge on any atom is -0.462 e. The molecule has 146 valence electrons. The number of para-hydroxylation sites is 1. The third-order valence-electron chi connectivity index (χ3n) is 5.44. The van der Waals surface area contributed by atoms with E-state index in [2.05, 4.69) is 15.2 Å². The molecule has 4 rings (SSSR count). The lowest BCUT2D eigenvalue weighted by atomic mass is 9.95. The first-order chi connectivity index (χ1) is 13.7. The average molecular weight is 379 g/mol. The number of piperidine rings is 1. The molecule has 0 aliphatic carbocycles. The molecule has 0 atom stereocenters. The summed E-state index contributed by atoms with van der Waals surface area (Å²) in [4.78, 5) is 19.8. The fourth-order valence-electron chi connectivity index (χ4n) is 3.96. The Balaban J connectivity index is 1.62. The fourth-order valence-corrected chi connectivity index (χ4v) is 3.96. The third-order valence-corrected chi connectivity index (χ3v) is 5.44. The third kappa shape index (κ3) is 3.56. The summed E-state index contributed by atoms with van der Waals surface area (Å²) in [6.45, 7) is 6.76. The van der Waals surface area contributed by atoms with E-state index in [-0.39, 0.29) is 5.97 Å². The van der Waals surface area contributed by atoms with E-state index in [9.17, 15) is 4.79 Å². The van der Waals surface area contributed by atoms with Crippen LogP contribution in [0.2, 0.25) is 0 Å². The van der Waals surface area contributed by atoms with Gasteiger partial charge in [-0.1, -0.05) is 23.4 Å². The molecular formula is C21H25N5O2. The zero-order valence-electron chi connectivity index (χ0n) is 16.3. The SMILES string of the molecule is CCOC(=O)c1c(N2CCC(Cn3ccnn3)CC2)nc2ccccc2c1C. The van der Waals surface area contributed by atoms with E-state index >= 15 is 0 Å². The van der Waals surface area contributed by atoms with E-state index in [0.717, 1.165) is 54.8 Å². The highest BCUT2D eigenvalue weighted by atomic mass is 16.5. The molecule has 1 fully saturated rings. The number of pyridine rings is 1. The highest BCUT2D eigenvalue weighted by Gasteiger charge is 2.27. The summed E-state index contributed by atoms with van der Waals surface area (Å²) in [5, 5.41) is 8.94. The number of hydrogen-bond acceptors (Lipinski definition) is 6. The minimum atomic E-state index is -0.294. The van der Waals surface area contributed by atoms with Crippen LogP contribution >= 0.6 is 0 Å². The molecule has 0 amide bonds. The van der Waals surface area contributed by atoms with Crippen molar-refractivity contribution in [2.45, 2.75) is 33.2 Å². The van der Waals surface area contributed by atoms with Crippen molar-refractivity contribution < 1.29 is 9.53 Å². The largest absolute Gasteiger partial charge is 0.462 e. The molecule has 3 heterocycles. The molecular weight excluding hydrogens is 354 g/mol. The summed E-state index contributed by atoms with van der Waals surface area (Å²) in [6.07, 6.45) is 5.66. The zero-order chi connectivity index (χ0) is 19.5. The number of rotatable bonds is 5. The lowest BCUT2D eigenvalue weighted by molar-refractivity contribution is 0.0526. The quantitative estimate of drug-likeness (QED) is 0.634. The minimum absolute atomic E-state index is 0.294. The first kappa shape index (κ1) is 18.4. The van der Waals surface area contributed by atoms with Crippen LogP contribution in [0.5, 0.6) is 0 Å². The summed E-state index contributed by atoms with van der Waals surface area (Å²) in [7, 11) is 0. The molecule has 0 spiro atoms. The first-order valence-electron chi connectivity index (χ1n) is 9.83. The molecule has 2 aromatic heterocycles. The molecule has 0 radical (unpaired) electrons. The first-order valence-corrected chi connectivity index (χ1v) is 9.83. The Morgan fingerprint density at radius 2 is 2.04 bits per heavy atom. The van der Waals surface area contributed by atoms with Crippen molar-refractivity contribution in [3.63, 3.8) is 0 Å². The molecule has 1 saturated heterocycles. The van der Waals surface area contributed by atoms with Gasteiger partial charge in [0.1, 0.15) is 11.4 Å². The van der Waals surface area contributed by atoms with Crippen molar-refractivity contribution in [1.82, 2.24) is 20.0 Å². The second kappa shape index (κ2) is 7.96. The van der Waals surface area contributed by atoms with E-state index in [1.165, 1.54) is 0 Å². The van der Waals surface area contributed by atoms with E-state index in [4.69, 9.17) is 9.72 Å². The van der Waals surface area contributed by atoms with Crippen LogP contribution < -0.4 is 4.90 Å². The van der Waals surface area contributed by atoms with Crippen LogP contribution in [0, 0.1) is 12.8 Å². The molecule has 7 nitrogen and oxygen atoms in total. The van der Waals surface area contributed by atoms with Crippen LogP contribution in [0.25, 0.3) is 10.9 Å². The standard InChI is InChI=1S/C21H25N5O2/c1-3-28-21(27)19-15(2)17-6-4-5-7-18(17)23-20(19)25-11-8-16(9-12-25)14-26-13-10-22-24-26/h4-7,10,13,16H,3,8-9,11-12,14H2,1-2H3. The smallest absolute Gasteiger partial charge is 0.342 e. The van der Waals surface area contributed by atoms with Crippen LogP contribution in [-0.4, -0.2) is 45.6 Å². The Morgan fingerprint density at radius 3 is 2.75 bits per heavy atom. The Hall–Kier alpha value is -2.96. The number of ether oxygens (including phenoxy) is 1. The number of carbonyl (C=O) groups excluding carboxylic acids is 1. The molecule has 28 heavy (non-hydrogen) atoms. The molecule has 1 aliphatic heterocycles. The van der Waals surface area contributed by atoms with Crippen molar-refractivity contribution in [3.8, 4) is 0 Å². The van der Waals surface area contributed by atoms with Gasteiger partial charge < -0.3 is 9.64 Å². The maximum atomic E-state index is 12.7. The van der Waals surface area contributed by atoms with Crippen LogP contribution in [0.4, 0.5) is 5.82 Å². The van der Waals surface area contributed by atoms with Crippen molar-refractivity contribution in [2.75, 3.05) is 24.6 Å². The van der Waals surface area contributed by atoms with Crippen molar-refractivity contribution in [2.24, 2.45) is 5.92 Å². The molecule has 3 aromatic rings. The summed E-state index contributed by atoms with van der Waals surface area (Å²) in [6, 6.07) is 7.96. The number of benzene rings is 1. The van der Waals surface area contributed by atoms with Crippen molar-refractivity contribution >= 4 is 22.7 Å². The maximum Gasteiger partial charge on any atom is 0.342 e. The number of fused-ring (bicyclic) bond motifs is 1. The fraction of sp³-hybridized carbons (Fsp3) is 0.429. The van der Waals surface area contributed by atoms with Crippen LogP contribution in [-0.2, 0) is 11.3 Å². The Morgan fingerprint density at radius 1 is 1.25 bits per heavy atom. The Kier molecular flexibility index (Phi) is 5.23. The average Bonchev–Trinajstić information content (AvgIpc) is 3.22. The Bertz CT molecular complexity index is 962. The number of nitrogens with zero attached hydrogens (tertiary/aromatic N) is 5. The van der Waals surface area contributed by atoms with Crippen molar-refractivity contribution in [3.05, 3.63) is 47.8 Å². The van der Waals surface area contributed by atoms with Gasteiger partial charge in [-0.15, -0.1) is 5.10 Å². The number of hydrogen-bond donors (Lipinski definition) is 0. The highest BCUT2D eigenvalue weighted by Crippen LogP contribution is 2.32. The van der Waals surface area contributed by atoms with Gasteiger partial charge in [0.25, 0.3) is 0 Å². The van der Waals surface area contributed by atoms with Crippen molar-refractivity contribution in [1.29, 1.82) is 0 Å². The molecule has 7 heteroatoms. The summed E-state index contributed by atoms with van der Waals surface area (Å²) < 4.78 is 7.25. The highest BCUT2D eigenvalue weighted by molar-refractivity contribution is 6.02. The molecule has 1 aromatic carbocycles. The van der Waals surface area contributed by atoms with E-state index in [1.54, 1.807) is 6.20 Å². The number of anilines is 1. The van der Waals surface area contributed by atoms with E-state index < -0.39 is 0 Å². The zero-order valence-corrected chi connectivity index (χ0v) is 16.3. The monoisotopic (exact) mass is 379 g/mol. The molecule has 1 aliphatic rings. The van der Waals surface area contributed by atoms with Gasteiger partial charge in [0.2, 0.25) is 0 Å². The Labute approximate surface area is 164 Å². The second-order valence-electron chi connectivity index (χ2n) is 7.23. The lowest BCUT2D eigenvalue weighted by Gasteiger charge is -2.34. The molecule has 0 unspecified atom stereocenters. The molecule has 0 bridgehead atoms. The van der Waals surface area contributed by atoms with Crippen LogP contribution in [0.3, 0.4) is 0 Å². The van der Waals surface area contributed by atoms with Gasteiger partial charge in [-0.3, -0.25) is 4.68 Å². The van der Waals surface area contributed by atoms with Crippen LogP contribution in [0.15, 0.2) is 36.7 Å². The number of esters is 1. The molecule has 0 saturated carbocycles. The van der Waals surface area contributed by atoms with Gasteiger partial charge >= 0.3 is 5.97 Å². The summed E-state index contributed by atoms with van der Waals surface area (Å²) >= 11 is 0. The normalized spacial score (nSPS) is 15.1. The maximum absolute atomic E-state index is 12.7. The van der Waals surface area contributed by atoms with Gasteiger partial charge in [-0.05, 0) is 44.2 Å². The number of aromatic nitrogens is 4. The number of carbonyl (C=O) groups is 1. The molecule has 0 N–H and O–H groups in total.